The maximum absolute atomic E-state index is 11.9. The number of nitrogens with one attached hydrogen (secondary N) is 2. The first kappa shape index (κ1) is 16.1. The van der Waals surface area contributed by atoms with Crippen LogP contribution in [0.15, 0.2) is 18.2 Å². The van der Waals surface area contributed by atoms with Crippen LogP contribution in [0.2, 0.25) is 0 Å². The number of aryl methyl sites for hydroxylation is 1. The van der Waals surface area contributed by atoms with Gasteiger partial charge < -0.3 is 21.1 Å². The van der Waals surface area contributed by atoms with E-state index >= 15 is 0 Å². The van der Waals surface area contributed by atoms with Gasteiger partial charge in [-0.2, -0.15) is 0 Å². The quantitative estimate of drug-likeness (QED) is 0.713. The summed E-state index contributed by atoms with van der Waals surface area (Å²) in [5.74, 6) is -0.484. The molecular weight excluding hydrogens is 258 g/mol. The highest BCUT2D eigenvalue weighted by Gasteiger charge is 2.15. The number of benzene rings is 1. The van der Waals surface area contributed by atoms with E-state index in [2.05, 4.69) is 10.6 Å². The largest absolute Gasteiger partial charge is 0.380 e. The summed E-state index contributed by atoms with van der Waals surface area (Å²) in [5, 5.41) is 5.27. The normalized spacial score (nSPS) is 11.8. The molecule has 0 aromatic heterocycles. The lowest BCUT2D eigenvalue weighted by molar-refractivity contribution is -0.118. The van der Waals surface area contributed by atoms with Crippen LogP contribution in [0.25, 0.3) is 0 Å². The van der Waals surface area contributed by atoms with Crippen molar-refractivity contribution in [3.63, 3.8) is 0 Å². The fraction of sp³-hybridized carbons (Fsp3) is 0.429. The van der Waals surface area contributed by atoms with Crippen LogP contribution in [0, 0.1) is 6.92 Å². The van der Waals surface area contributed by atoms with E-state index in [1.54, 1.807) is 19.2 Å². The Balaban J connectivity index is 2.86. The van der Waals surface area contributed by atoms with Crippen molar-refractivity contribution in [3.8, 4) is 0 Å². The molecule has 6 heteroatoms. The lowest BCUT2D eigenvalue weighted by Crippen LogP contribution is -2.29. The Labute approximate surface area is 118 Å². The molecule has 1 aromatic rings. The van der Waals surface area contributed by atoms with E-state index in [1.165, 1.54) is 7.11 Å². The van der Waals surface area contributed by atoms with Crippen LogP contribution in [-0.4, -0.2) is 38.6 Å². The van der Waals surface area contributed by atoms with Crippen LogP contribution in [0.5, 0.6) is 0 Å². The molecule has 2 amide bonds. The molecule has 1 unspecified atom stereocenters. The second-order valence-electron chi connectivity index (χ2n) is 4.47. The van der Waals surface area contributed by atoms with E-state index in [-0.39, 0.29) is 30.9 Å². The number of hydrogen-bond donors (Lipinski definition) is 3. The molecule has 4 N–H and O–H groups in total. The van der Waals surface area contributed by atoms with Gasteiger partial charge in [-0.1, -0.05) is 11.6 Å². The molecule has 1 rings (SSSR count). The van der Waals surface area contributed by atoms with E-state index in [1.807, 2.05) is 13.0 Å². The number of ether oxygens (including phenoxy) is 1. The van der Waals surface area contributed by atoms with Crippen molar-refractivity contribution in [2.24, 2.45) is 5.73 Å². The van der Waals surface area contributed by atoms with Crippen molar-refractivity contribution < 1.29 is 14.3 Å². The molecule has 0 heterocycles. The SMILES string of the molecule is CNC(=O)c1cc(C)ccc1NC(=O)CC(CN)OC. The highest BCUT2D eigenvalue weighted by Crippen LogP contribution is 2.18. The average molecular weight is 279 g/mol. The Hall–Kier alpha value is -1.92. The predicted molar refractivity (Wildman–Crippen MR) is 77.7 cm³/mol. The lowest BCUT2D eigenvalue weighted by atomic mass is 10.1. The monoisotopic (exact) mass is 279 g/mol. The molecule has 110 valence electrons. The van der Waals surface area contributed by atoms with Gasteiger partial charge in [0.2, 0.25) is 5.91 Å². The number of hydrogen-bond acceptors (Lipinski definition) is 4. The van der Waals surface area contributed by atoms with Crippen LogP contribution in [-0.2, 0) is 9.53 Å². The van der Waals surface area contributed by atoms with Crippen LogP contribution in [0.1, 0.15) is 22.3 Å². The number of carbonyl (C=O) groups excluding carboxylic acids is 2. The number of methoxy groups -OCH3 is 1. The molecule has 0 fully saturated rings. The topological polar surface area (TPSA) is 93.5 Å². The van der Waals surface area contributed by atoms with Crippen LogP contribution < -0.4 is 16.4 Å². The molecule has 0 aliphatic rings. The van der Waals surface area contributed by atoms with Gasteiger partial charge in [0.1, 0.15) is 0 Å². The fourth-order valence-electron chi connectivity index (χ4n) is 1.76. The van der Waals surface area contributed by atoms with Crippen molar-refractivity contribution in [1.82, 2.24) is 5.32 Å². The standard InChI is InChI=1S/C14H21N3O3/c1-9-4-5-12(11(6-9)14(19)16-2)17-13(18)7-10(8-15)20-3/h4-6,10H,7-8,15H2,1-3H3,(H,16,19)(H,17,18). The van der Waals surface area contributed by atoms with E-state index in [0.29, 0.717) is 11.3 Å². The molecular formula is C14H21N3O3. The highest BCUT2D eigenvalue weighted by atomic mass is 16.5. The van der Waals surface area contributed by atoms with Crippen molar-refractivity contribution in [1.29, 1.82) is 0 Å². The molecule has 0 saturated carbocycles. The smallest absolute Gasteiger partial charge is 0.253 e. The first-order valence-corrected chi connectivity index (χ1v) is 6.37. The third-order valence-corrected chi connectivity index (χ3v) is 2.93. The molecule has 0 bridgehead atoms. The maximum atomic E-state index is 11.9. The Morgan fingerprint density at radius 3 is 2.65 bits per heavy atom. The predicted octanol–water partition coefficient (Wildman–Crippen LogP) is 0.657. The van der Waals surface area contributed by atoms with Crippen LogP contribution in [0.3, 0.4) is 0 Å². The number of amides is 2. The van der Waals surface area contributed by atoms with Crippen LogP contribution >= 0.6 is 0 Å². The van der Waals surface area contributed by atoms with E-state index < -0.39 is 0 Å². The molecule has 20 heavy (non-hydrogen) atoms. The summed E-state index contributed by atoms with van der Waals surface area (Å²) < 4.78 is 5.06. The van der Waals surface area contributed by atoms with Gasteiger partial charge in [0.05, 0.1) is 23.8 Å². The number of rotatable bonds is 6. The third-order valence-electron chi connectivity index (χ3n) is 2.93. The first-order valence-electron chi connectivity index (χ1n) is 6.37. The minimum atomic E-state index is -0.330. The zero-order chi connectivity index (χ0) is 15.1. The second kappa shape index (κ2) is 7.62. The molecule has 0 aliphatic heterocycles. The summed E-state index contributed by atoms with van der Waals surface area (Å²) in [5.41, 5.74) is 7.33. The third kappa shape index (κ3) is 4.32. The summed E-state index contributed by atoms with van der Waals surface area (Å²) >= 11 is 0. The summed E-state index contributed by atoms with van der Waals surface area (Å²) in [4.78, 5) is 23.7. The van der Waals surface area contributed by atoms with Gasteiger partial charge in [-0.05, 0) is 19.1 Å². The first-order chi connectivity index (χ1) is 9.51. The van der Waals surface area contributed by atoms with Gasteiger partial charge in [-0.3, -0.25) is 9.59 Å². The molecule has 1 atom stereocenters. The highest BCUT2D eigenvalue weighted by molar-refractivity contribution is 6.03. The summed E-state index contributed by atoms with van der Waals surface area (Å²) in [6.45, 7) is 2.15. The zero-order valence-corrected chi connectivity index (χ0v) is 12.0. The van der Waals surface area contributed by atoms with E-state index in [4.69, 9.17) is 10.5 Å². The molecule has 0 radical (unpaired) electrons. The minimum absolute atomic E-state index is 0.147. The molecule has 0 spiro atoms. The van der Waals surface area contributed by atoms with Crippen molar-refractivity contribution in [2.75, 3.05) is 26.0 Å². The Morgan fingerprint density at radius 1 is 1.40 bits per heavy atom. The zero-order valence-electron chi connectivity index (χ0n) is 12.0. The van der Waals surface area contributed by atoms with Crippen LogP contribution in [0.4, 0.5) is 5.69 Å². The lowest BCUT2D eigenvalue weighted by Gasteiger charge is -2.14. The summed E-state index contributed by atoms with van der Waals surface area (Å²) in [7, 11) is 3.05. The fourth-order valence-corrected chi connectivity index (χ4v) is 1.76. The van der Waals surface area contributed by atoms with Crippen molar-refractivity contribution in [2.45, 2.75) is 19.4 Å². The van der Waals surface area contributed by atoms with Gasteiger partial charge in [0.25, 0.3) is 5.91 Å². The minimum Gasteiger partial charge on any atom is -0.380 e. The van der Waals surface area contributed by atoms with Gasteiger partial charge in [-0.25, -0.2) is 0 Å². The van der Waals surface area contributed by atoms with Gasteiger partial charge in [0.15, 0.2) is 0 Å². The molecule has 0 saturated heterocycles. The Morgan fingerprint density at radius 2 is 2.10 bits per heavy atom. The molecule has 6 nitrogen and oxygen atoms in total. The van der Waals surface area contributed by atoms with Crippen molar-refractivity contribution >= 4 is 17.5 Å². The average Bonchev–Trinajstić information content (AvgIpc) is 2.45. The maximum Gasteiger partial charge on any atom is 0.253 e. The van der Waals surface area contributed by atoms with E-state index in [9.17, 15) is 9.59 Å². The number of anilines is 1. The number of carbonyl (C=O) groups is 2. The van der Waals surface area contributed by atoms with Gasteiger partial charge in [-0.15, -0.1) is 0 Å². The molecule has 0 aliphatic carbocycles. The van der Waals surface area contributed by atoms with E-state index in [0.717, 1.165) is 5.56 Å². The summed E-state index contributed by atoms with van der Waals surface area (Å²) in [6.07, 6.45) is -0.183. The molecule has 1 aromatic carbocycles. The van der Waals surface area contributed by atoms with Crippen molar-refractivity contribution in [3.05, 3.63) is 29.3 Å². The summed E-state index contributed by atoms with van der Waals surface area (Å²) in [6, 6.07) is 5.27. The second-order valence-corrected chi connectivity index (χ2v) is 4.47. The number of nitrogens with two attached hydrogens (primary N) is 1. The van der Waals surface area contributed by atoms with Gasteiger partial charge in [0, 0.05) is 20.7 Å². The Kier molecular flexibility index (Phi) is 6.14. The van der Waals surface area contributed by atoms with Gasteiger partial charge >= 0.3 is 0 Å². The Bertz CT molecular complexity index is 485.